The average Bonchev–Trinajstić information content (AvgIpc) is 2.27. The van der Waals surface area contributed by atoms with Crippen molar-refractivity contribution in [3.8, 4) is 0 Å². The van der Waals surface area contributed by atoms with Gasteiger partial charge in [-0.05, 0) is 32.3 Å². The van der Waals surface area contributed by atoms with Crippen LogP contribution in [-0.2, 0) is 6.54 Å². The van der Waals surface area contributed by atoms with Crippen LogP contribution < -0.4 is 5.32 Å². The first-order chi connectivity index (χ1) is 8.15. The van der Waals surface area contributed by atoms with Gasteiger partial charge >= 0.3 is 0 Å². The molecule has 1 aliphatic carbocycles. The minimum absolute atomic E-state index is 0.158. The molecule has 1 aliphatic rings. The van der Waals surface area contributed by atoms with Crippen molar-refractivity contribution in [1.82, 2.24) is 5.32 Å². The maximum Gasteiger partial charge on any atom is 0.0693 e. The molecule has 0 radical (unpaired) electrons. The molecule has 0 amide bonds. The molecule has 2 heteroatoms. The minimum Gasteiger partial charge on any atom is -0.392 e. The molecular formula is C15H23NO. The highest BCUT2D eigenvalue weighted by Crippen LogP contribution is 2.19. The van der Waals surface area contributed by atoms with Crippen LogP contribution in [0.5, 0.6) is 0 Å². The van der Waals surface area contributed by atoms with E-state index in [1.54, 1.807) is 0 Å². The Hall–Kier alpha value is -0.860. The zero-order valence-electron chi connectivity index (χ0n) is 10.9. The number of hydrogen-bond acceptors (Lipinski definition) is 2. The number of aliphatic hydroxyl groups excluding tert-OH is 1. The highest BCUT2D eigenvalue weighted by Gasteiger charge is 2.21. The number of benzene rings is 1. The fourth-order valence-electron chi connectivity index (χ4n) is 2.77. The van der Waals surface area contributed by atoms with Crippen LogP contribution in [0.25, 0.3) is 0 Å². The molecule has 1 fully saturated rings. The van der Waals surface area contributed by atoms with Crippen molar-refractivity contribution in [2.24, 2.45) is 0 Å². The number of aliphatic hydroxyl groups is 1. The third kappa shape index (κ3) is 3.55. The summed E-state index contributed by atoms with van der Waals surface area (Å²) < 4.78 is 0. The van der Waals surface area contributed by atoms with Gasteiger partial charge in [0.2, 0.25) is 0 Å². The summed E-state index contributed by atoms with van der Waals surface area (Å²) in [6.45, 7) is 5.13. The molecule has 1 aromatic carbocycles. The van der Waals surface area contributed by atoms with Crippen molar-refractivity contribution in [3.63, 3.8) is 0 Å². The van der Waals surface area contributed by atoms with Gasteiger partial charge in [0.15, 0.2) is 0 Å². The highest BCUT2D eigenvalue weighted by molar-refractivity contribution is 5.28. The van der Waals surface area contributed by atoms with Gasteiger partial charge in [-0.1, -0.05) is 42.2 Å². The topological polar surface area (TPSA) is 32.3 Å². The van der Waals surface area contributed by atoms with E-state index in [-0.39, 0.29) is 12.1 Å². The van der Waals surface area contributed by atoms with E-state index < -0.39 is 0 Å². The zero-order valence-corrected chi connectivity index (χ0v) is 10.9. The molecule has 2 unspecified atom stereocenters. The molecule has 94 valence electrons. The monoisotopic (exact) mass is 233 g/mol. The molecule has 2 atom stereocenters. The van der Waals surface area contributed by atoms with Crippen LogP contribution in [0.3, 0.4) is 0 Å². The Morgan fingerprint density at radius 3 is 2.41 bits per heavy atom. The predicted molar refractivity (Wildman–Crippen MR) is 71.0 cm³/mol. The van der Waals surface area contributed by atoms with Crippen molar-refractivity contribution >= 4 is 0 Å². The molecule has 2 rings (SSSR count). The Morgan fingerprint density at radius 2 is 1.76 bits per heavy atom. The van der Waals surface area contributed by atoms with Gasteiger partial charge in [-0.15, -0.1) is 0 Å². The van der Waals surface area contributed by atoms with Crippen molar-refractivity contribution in [2.45, 2.75) is 58.2 Å². The first-order valence-electron chi connectivity index (χ1n) is 6.64. The molecular weight excluding hydrogens is 210 g/mol. The van der Waals surface area contributed by atoms with Crippen molar-refractivity contribution in [2.75, 3.05) is 0 Å². The van der Waals surface area contributed by atoms with E-state index in [9.17, 15) is 5.11 Å². The normalized spacial score (nSPS) is 24.9. The molecule has 17 heavy (non-hydrogen) atoms. The van der Waals surface area contributed by atoms with Crippen molar-refractivity contribution < 1.29 is 5.11 Å². The van der Waals surface area contributed by atoms with E-state index in [0.717, 1.165) is 19.4 Å². The lowest BCUT2D eigenvalue weighted by Gasteiger charge is -2.28. The van der Waals surface area contributed by atoms with Crippen LogP contribution in [0.15, 0.2) is 18.2 Å². The predicted octanol–water partition coefficient (Wildman–Crippen LogP) is 2.70. The minimum atomic E-state index is -0.158. The third-order valence-electron chi connectivity index (χ3n) is 3.58. The van der Waals surface area contributed by atoms with Gasteiger partial charge in [0.25, 0.3) is 0 Å². The van der Waals surface area contributed by atoms with Crippen LogP contribution in [0, 0.1) is 13.8 Å². The van der Waals surface area contributed by atoms with E-state index in [1.807, 2.05) is 0 Å². The van der Waals surface area contributed by atoms with Crippen LogP contribution in [-0.4, -0.2) is 17.3 Å². The summed E-state index contributed by atoms with van der Waals surface area (Å²) in [5.74, 6) is 0. The van der Waals surface area contributed by atoms with Gasteiger partial charge in [-0.2, -0.15) is 0 Å². The van der Waals surface area contributed by atoms with Crippen LogP contribution >= 0.6 is 0 Å². The Bertz CT molecular complexity index is 355. The van der Waals surface area contributed by atoms with Crippen LogP contribution in [0.1, 0.15) is 42.4 Å². The van der Waals surface area contributed by atoms with Crippen molar-refractivity contribution in [3.05, 3.63) is 34.9 Å². The number of hydrogen-bond donors (Lipinski definition) is 2. The van der Waals surface area contributed by atoms with Crippen LogP contribution in [0.2, 0.25) is 0 Å². The second-order valence-electron chi connectivity index (χ2n) is 5.34. The Kier molecular flexibility index (Phi) is 4.19. The SMILES string of the molecule is Cc1cc(C)cc(CNC2CCCCC2O)c1. The largest absolute Gasteiger partial charge is 0.392 e. The molecule has 2 N–H and O–H groups in total. The van der Waals surface area contributed by atoms with Crippen LogP contribution in [0.4, 0.5) is 0 Å². The summed E-state index contributed by atoms with van der Waals surface area (Å²) >= 11 is 0. The molecule has 2 nitrogen and oxygen atoms in total. The van der Waals surface area contributed by atoms with Gasteiger partial charge in [0, 0.05) is 12.6 Å². The maximum atomic E-state index is 9.89. The summed E-state index contributed by atoms with van der Waals surface area (Å²) in [7, 11) is 0. The lowest BCUT2D eigenvalue weighted by atomic mass is 9.92. The number of rotatable bonds is 3. The summed E-state index contributed by atoms with van der Waals surface area (Å²) in [4.78, 5) is 0. The van der Waals surface area contributed by atoms with E-state index >= 15 is 0 Å². The number of nitrogens with one attached hydrogen (secondary N) is 1. The first-order valence-corrected chi connectivity index (χ1v) is 6.64. The van der Waals surface area contributed by atoms with E-state index in [1.165, 1.54) is 29.5 Å². The third-order valence-corrected chi connectivity index (χ3v) is 3.58. The Labute approximate surface area is 104 Å². The van der Waals surface area contributed by atoms with Gasteiger partial charge in [0.1, 0.15) is 0 Å². The summed E-state index contributed by atoms with van der Waals surface area (Å²) in [5, 5.41) is 13.4. The van der Waals surface area contributed by atoms with Gasteiger partial charge in [0.05, 0.1) is 6.10 Å². The quantitative estimate of drug-likeness (QED) is 0.841. The van der Waals surface area contributed by atoms with Gasteiger partial charge < -0.3 is 10.4 Å². The second kappa shape index (κ2) is 5.65. The molecule has 0 bridgehead atoms. The lowest BCUT2D eigenvalue weighted by molar-refractivity contribution is 0.0902. The molecule has 0 aromatic heterocycles. The van der Waals surface area contributed by atoms with E-state index in [2.05, 4.69) is 37.4 Å². The highest BCUT2D eigenvalue weighted by atomic mass is 16.3. The second-order valence-corrected chi connectivity index (χ2v) is 5.34. The molecule has 0 heterocycles. The summed E-state index contributed by atoms with van der Waals surface area (Å²) in [5.41, 5.74) is 3.94. The Morgan fingerprint density at radius 1 is 1.12 bits per heavy atom. The molecule has 1 saturated carbocycles. The molecule has 1 aromatic rings. The fraction of sp³-hybridized carbons (Fsp3) is 0.600. The molecule has 0 aliphatic heterocycles. The Balaban J connectivity index is 1.92. The molecule has 0 spiro atoms. The van der Waals surface area contributed by atoms with E-state index in [4.69, 9.17) is 0 Å². The standard InChI is InChI=1S/C15H23NO/c1-11-7-12(2)9-13(8-11)10-16-14-5-3-4-6-15(14)17/h7-9,14-17H,3-6,10H2,1-2H3. The zero-order chi connectivity index (χ0) is 12.3. The smallest absolute Gasteiger partial charge is 0.0693 e. The van der Waals surface area contributed by atoms with Gasteiger partial charge in [-0.3, -0.25) is 0 Å². The first kappa shape index (κ1) is 12.6. The maximum absolute atomic E-state index is 9.89. The fourth-order valence-corrected chi connectivity index (χ4v) is 2.77. The summed E-state index contributed by atoms with van der Waals surface area (Å²) in [6.07, 6.45) is 4.30. The summed E-state index contributed by atoms with van der Waals surface area (Å²) in [6, 6.07) is 6.91. The number of aryl methyl sites for hydroxylation is 2. The molecule has 0 saturated heterocycles. The average molecular weight is 233 g/mol. The van der Waals surface area contributed by atoms with E-state index in [0.29, 0.717) is 0 Å². The van der Waals surface area contributed by atoms with Gasteiger partial charge in [-0.25, -0.2) is 0 Å². The lowest BCUT2D eigenvalue weighted by Crippen LogP contribution is -2.41. The van der Waals surface area contributed by atoms with Crippen molar-refractivity contribution in [1.29, 1.82) is 0 Å².